The van der Waals surface area contributed by atoms with Crippen LogP contribution in [0.4, 0.5) is 11.4 Å². The molecule has 6 heteroatoms. The number of carbonyl (C=O) groups excluding carboxylic acids is 2. The second kappa shape index (κ2) is 9.74. The highest BCUT2D eigenvalue weighted by atomic mass is 32.2. The number of amidine groups is 1. The highest BCUT2D eigenvalue weighted by Crippen LogP contribution is 2.32. The molecule has 2 aromatic carbocycles. The molecule has 0 spiro atoms. The van der Waals surface area contributed by atoms with Crippen molar-refractivity contribution in [3.63, 3.8) is 0 Å². The van der Waals surface area contributed by atoms with Crippen LogP contribution in [0.15, 0.2) is 53.5 Å². The monoisotopic (exact) mass is 409 g/mol. The molecule has 0 unspecified atom stereocenters. The summed E-state index contributed by atoms with van der Waals surface area (Å²) >= 11 is 1.38. The first kappa shape index (κ1) is 21.1. The average Bonchev–Trinajstić information content (AvgIpc) is 2.98. The highest BCUT2D eigenvalue weighted by molar-refractivity contribution is 8.15. The third kappa shape index (κ3) is 5.48. The molecule has 29 heavy (non-hydrogen) atoms. The van der Waals surface area contributed by atoms with E-state index in [0.717, 1.165) is 35.3 Å². The van der Waals surface area contributed by atoms with E-state index in [1.54, 1.807) is 4.90 Å². The van der Waals surface area contributed by atoms with Gasteiger partial charge >= 0.3 is 0 Å². The maximum atomic E-state index is 13.0. The summed E-state index contributed by atoms with van der Waals surface area (Å²) < 4.78 is 0. The quantitative estimate of drug-likeness (QED) is 0.695. The number of aryl methyl sites for hydroxylation is 2. The SMILES string of the molecule is CCCCN1C(=O)[C@H](CC(=O)Nc2cc(C)ccc2C)SC1=Nc1ccccc1. The molecule has 0 aliphatic carbocycles. The number of aliphatic imine (C=N–C) groups is 1. The molecule has 2 amide bonds. The summed E-state index contributed by atoms with van der Waals surface area (Å²) in [5, 5.41) is 3.19. The minimum Gasteiger partial charge on any atom is -0.326 e. The van der Waals surface area contributed by atoms with E-state index in [-0.39, 0.29) is 18.2 Å². The number of anilines is 1. The van der Waals surface area contributed by atoms with Gasteiger partial charge in [-0.1, -0.05) is 55.4 Å². The molecule has 0 radical (unpaired) electrons. The van der Waals surface area contributed by atoms with Gasteiger partial charge in [0.1, 0.15) is 5.25 Å². The van der Waals surface area contributed by atoms with Gasteiger partial charge in [-0.25, -0.2) is 4.99 Å². The van der Waals surface area contributed by atoms with Gasteiger partial charge in [-0.3, -0.25) is 14.5 Å². The normalized spacial score (nSPS) is 17.8. The predicted molar refractivity (Wildman–Crippen MR) is 121 cm³/mol. The van der Waals surface area contributed by atoms with Gasteiger partial charge in [-0.15, -0.1) is 0 Å². The first-order chi connectivity index (χ1) is 14.0. The lowest BCUT2D eigenvalue weighted by molar-refractivity contribution is -0.128. The minimum absolute atomic E-state index is 0.0331. The van der Waals surface area contributed by atoms with E-state index in [1.807, 2.05) is 62.4 Å². The number of carbonyl (C=O) groups is 2. The molecule has 152 valence electrons. The Balaban J connectivity index is 1.73. The number of thioether (sulfide) groups is 1. The number of hydrogen-bond acceptors (Lipinski definition) is 4. The van der Waals surface area contributed by atoms with E-state index in [0.29, 0.717) is 11.7 Å². The van der Waals surface area contributed by atoms with Gasteiger partial charge in [0, 0.05) is 18.7 Å². The standard InChI is InChI=1S/C23H27N3O2S/c1-4-5-13-26-22(28)20(29-23(26)24-18-9-7-6-8-10-18)15-21(27)25-19-14-16(2)11-12-17(19)3/h6-12,14,20H,4-5,13,15H2,1-3H3,(H,25,27)/t20-/m0/s1. The fraction of sp³-hybridized carbons (Fsp3) is 0.348. The van der Waals surface area contributed by atoms with Crippen molar-refractivity contribution < 1.29 is 9.59 Å². The summed E-state index contributed by atoms with van der Waals surface area (Å²) in [5.41, 5.74) is 3.70. The van der Waals surface area contributed by atoms with Crippen LogP contribution in [0.5, 0.6) is 0 Å². The van der Waals surface area contributed by atoms with Crippen molar-refractivity contribution in [3.8, 4) is 0 Å². The summed E-state index contributed by atoms with van der Waals surface area (Å²) in [6.45, 7) is 6.67. The third-order valence-electron chi connectivity index (χ3n) is 4.77. The van der Waals surface area contributed by atoms with Crippen molar-refractivity contribution in [3.05, 3.63) is 59.7 Å². The predicted octanol–water partition coefficient (Wildman–Crippen LogP) is 5.06. The minimum atomic E-state index is -0.445. The summed E-state index contributed by atoms with van der Waals surface area (Å²) in [5.74, 6) is -0.185. The molecule has 5 nitrogen and oxygen atoms in total. The van der Waals surface area contributed by atoms with Gasteiger partial charge in [0.2, 0.25) is 11.8 Å². The lowest BCUT2D eigenvalue weighted by atomic mass is 10.1. The molecule has 1 fully saturated rings. The van der Waals surface area contributed by atoms with E-state index >= 15 is 0 Å². The molecular formula is C23H27N3O2S. The largest absolute Gasteiger partial charge is 0.326 e. The molecule has 0 saturated carbocycles. The average molecular weight is 410 g/mol. The van der Waals surface area contributed by atoms with Crippen LogP contribution in [0.1, 0.15) is 37.3 Å². The van der Waals surface area contributed by atoms with Crippen molar-refractivity contribution in [2.45, 2.75) is 45.3 Å². The van der Waals surface area contributed by atoms with Crippen LogP contribution in [0.25, 0.3) is 0 Å². The number of unbranched alkanes of at least 4 members (excludes halogenated alkanes) is 1. The summed E-state index contributed by atoms with van der Waals surface area (Å²) in [6.07, 6.45) is 2.03. The van der Waals surface area contributed by atoms with Crippen LogP contribution in [0.3, 0.4) is 0 Å². The molecule has 0 bridgehead atoms. The number of nitrogens with one attached hydrogen (secondary N) is 1. The highest BCUT2D eigenvalue weighted by Gasteiger charge is 2.38. The molecule has 1 saturated heterocycles. The van der Waals surface area contributed by atoms with Gasteiger partial charge in [-0.2, -0.15) is 0 Å². The van der Waals surface area contributed by atoms with Gasteiger partial charge in [0.25, 0.3) is 0 Å². The van der Waals surface area contributed by atoms with Crippen LogP contribution in [0.2, 0.25) is 0 Å². The summed E-state index contributed by atoms with van der Waals surface area (Å²) in [4.78, 5) is 32.0. The van der Waals surface area contributed by atoms with E-state index in [9.17, 15) is 9.59 Å². The maximum absolute atomic E-state index is 13.0. The van der Waals surface area contributed by atoms with Crippen LogP contribution in [-0.2, 0) is 9.59 Å². The third-order valence-corrected chi connectivity index (χ3v) is 5.95. The van der Waals surface area contributed by atoms with E-state index in [2.05, 4.69) is 17.2 Å². The van der Waals surface area contributed by atoms with Crippen molar-refractivity contribution in [2.24, 2.45) is 4.99 Å². The fourth-order valence-electron chi connectivity index (χ4n) is 3.10. The lowest BCUT2D eigenvalue weighted by Crippen LogP contribution is -2.34. The Morgan fingerprint density at radius 1 is 1.17 bits per heavy atom. The molecular weight excluding hydrogens is 382 g/mol. The maximum Gasteiger partial charge on any atom is 0.242 e. The van der Waals surface area contributed by atoms with Gasteiger partial charge in [0.05, 0.1) is 5.69 Å². The molecule has 1 N–H and O–H groups in total. The lowest BCUT2D eigenvalue weighted by Gasteiger charge is -2.16. The Labute approximate surface area is 176 Å². The number of benzene rings is 2. The molecule has 2 aromatic rings. The van der Waals surface area contributed by atoms with E-state index < -0.39 is 5.25 Å². The van der Waals surface area contributed by atoms with Crippen molar-refractivity contribution >= 4 is 40.1 Å². The zero-order valence-electron chi connectivity index (χ0n) is 17.1. The Morgan fingerprint density at radius 3 is 2.66 bits per heavy atom. The number of hydrogen-bond donors (Lipinski definition) is 1. The zero-order chi connectivity index (χ0) is 20.8. The first-order valence-corrected chi connectivity index (χ1v) is 10.8. The molecule has 1 heterocycles. The molecule has 1 aliphatic rings. The number of para-hydroxylation sites is 1. The molecule has 0 aromatic heterocycles. The number of amides is 2. The van der Waals surface area contributed by atoms with Crippen LogP contribution in [0, 0.1) is 13.8 Å². The Kier molecular flexibility index (Phi) is 7.09. The van der Waals surface area contributed by atoms with Crippen LogP contribution >= 0.6 is 11.8 Å². The van der Waals surface area contributed by atoms with Crippen molar-refractivity contribution in [1.82, 2.24) is 4.90 Å². The Hall–Kier alpha value is -2.60. The van der Waals surface area contributed by atoms with Gasteiger partial charge < -0.3 is 5.32 Å². The summed E-state index contributed by atoms with van der Waals surface area (Å²) in [6, 6.07) is 15.6. The fourth-order valence-corrected chi connectivity index (χ4v) is 4.28. The van der Waals surface area contributed by atoms with E-state index in [1.165, 1.54) is 11.8 Å². The van der Waals surface area contributed by atoms with Crippen LogP contribution < -0.4 is 5.32 Å². The van der Waals surface area contributed by atoms with Gasteiger partial charge in [-0.05, 0) is 49.6 Å². The Bertz CT molecular complexity index is 912. The molecule has 1 atom stereocenters. The first-order valence-electron chi connectivity index (χ1n) is 9.97. The van der Waals surface area contributed by atoms with Gasteiger partial charge in [0.15, 0.2) is 5.17 Å². The second-order valence-electron chi connectivity index (χ2n) is 7.25. The smallest absolute Gasteiger partial charge is 0.242 e. The number of rotatable bonds is 7. The second-order valence-corrected chi connectivity index (χ2v) is 8.42. The topological polar surface area (TPSA) is 61.8 Å². The van der Waals surface area contributed by atoms with E-state index in [4.69, 9.17) is 0 Å². The number of nitrogens with zero attached hydrogens (tertiary/aromatic N) is 2. The molecule has 3 rings (SSSR count). The van der Waals surface area contributed by atoms with Crippen LogP contribution in [-0.4, -0.2) is 33.7 Å². The Morgan fingerprint density at radius 2 is 1.93 bits per heavy atom. The van der Waals surface area contributed by atoms with Crippen molar-refractivity contribution in [2.75, 3.05) is 11.9 Å². The van der Waals surface area contributed by atoms with Crippen molar-refractivity contribution in [1.29, 1.82) is 0 Å². The zero-order valence-corrected chi connectivity index (χ0v) is 18.0. The molecule has 1 aliphatic heterocycles. The summed E-state index contributed by atoms with van der Waals surface area (Å²) in [7, 11) is 0.